The van der Waals surface area contributed by atoms with Gasteiger partial charge in [-0.15, -0.1) is 0 Å². The number of hydrogen-bond donors (Lipinski definition) is 3. The monoisotopic (exact) mass is 369 g/mol. The first kappa shape index (κ1) is 18.4. The summed E-state index contributed by atoms with van der Waals surface area (Å²) in [5, 5.41) is 22.7. The Bertz CT molecular complexity index is 709. The maximum absolute atomic E-state index is 11.8. The Morgan fingerprint density at radius 3 is 2.67 bits per heavy atom. The average Bonchev–Trinajstić information content (AvgIpc) is 2.56. The number of nitrogens with one attached hydrogen (secondary N) is 1. The average molecular weight is 370 g/mol. The van der Waals surface area contributed by atoms with Crippen LogP contribution in [0.4, 0.5) is 0 Å². The van der Waals surface area contributed by atoms with Gasteiger partial charge in [-0.1, -0.05) is 47.5 Å². The smallest absolute Gasteiger partial charge is 0.224 e. The van der Waals surface area contributed by atoms with Crippen molar-refractivity contribution in [1.82, 2.24) is 5.32 Å². The maximum atomic E-state index is 11.8. The number of ether oxygens (including phenoxy) is 1. The minimum Gasteiger partial charge on any atom is -0.508 e. The van der Waals surface area contributed by atoms with Crippen LogP contribution in [0.25, 0.3) is 0 Å². The second-order valence-corrected chi connectivity index (χ2v) is 5.91. The molecule has 0 aliphatic heterocycles. The Hall–Kier alpha value is -1.95. The highest BCUT2D eigenvalue weighted by atomic mass is 35.5. The van der Waals surface area contributed by atoms with E-state index in [1.807, 2.05) is 0 Å². The van der Waals surface area contributed by atoms with Crippen LogP contribution in [0.3, 0.4) is 0 Å². The first-order chi connectivity index (χ1) is 11.5. The zero-order valence-electron chi connectivity index (χ0n) is 12.7. The fourth-order valence-corrected chi connectivity index (χ4v) is 2.31. The van der Waals surface area contributed by atoms with Crippen LogP contribution in [0.15, 0.2) is 42.5 Å². The van der Waals surface area contributed by atoms with Crippen LogP contribution < -0.4 is 10.1 Å². The van der Waals surface area contributed by atoms with Crippen molar-refractivity contribution in [2.24, 2.45) is 0 Å². The summed E-state index contributed by atoms with van der Waals surface area (Å²) in [6, 6.07) is 11.5. The van der Waals surface area contributed by atoms with E-state index in [9.17, 15) is 15.0 Å². The van der Waals surface area contributed by atoms with Gasteiger partial charge in [-0.05, 0) is 18.2 Å². The lowest BCUT2D eigenvalue weighted by molar-refractivity contribution is -0.121. The standard InChI is InChI=1S/C17H17Cl2NO4/c18-13-5-3-7-15(17(13)19)24-10-12(21)9-20-16(23)8-11-4-1-2-6-14(11)22/h1-7,12,21-22H,8-10H2,(H,20,23)/t12-/m1/s1. The number of aliphatic hydroxyl groups excluding tert-OH is 1. The van der Waals surface area contributed by atoms with Crippen LogP contribution >= 0.6 is 23.2 Å². The van der Waals surface area contributed by atoms with Crippen molar-refractivity contribution in [3.63, 3.8) is 0 Å². The number of phenols is 1. The first-order valence-electron chi connectivity index (χ1n) is 7.26. The van der Waals surface area contributed by atoms with E-state index in [4.69, 9.17) is 27.9 Å². The molecule has 1 amide bonds. The van der Waals surface area contributed by atoms with Crippen LogP contribution in [0.5, 0.6) is 11.5 Å². The van der Waals surface area contributed by atoms with Crippen molar-refractivity contribution >= 4 is 29.1 Å². The van der Waals surface area contributed by atoms with E-state index in [1.165, 1.54) is 6.07 Å². The predicted octanol–water partition coefficient (Wildman–Crippen LogP) is 2.80. The Labute approximate surface area is 149 Å². The molecule has 2 rings (SSSR count). The molecule has 5 nitrogen and oxygen atoms in total. The highest BCUT2D eigenvalue weighted by molar-refractivity contribution is 6.42. The summed E-state index contributed by atoms with van der Waals surface area (Å²) >= 11 is 11.8. The van der Waals surface area contributed by atoms with Gasteiger partial charge in [0.15, 0.2) is 0 Å². The van der Waals surface area contributed by atoms with Gasteiger partial charge in [-0.2, -0.15) is 0 Å². The lowest BCUT2D eigenvalue weighted by atomic mass is 10.1. The quantitative estimate of drug-likeness (QED) is 0.700. The molecule has 0 heterocycles. The van der Waals surface area contributed by atoms with Crippen LogP contribution in [0.2, 0.25) is 10.0 Å². The van der Waals surface area contributed by atoms with E-state index in [-0.39, 0.29) is 36.3 Å². The molecular weight excluding hydrogens is 353 g/mol. The Morgan fingerprint density at radius 2 is 1.92 bits per heavy atom. The number of phenolic OH excluding ortho intramolecular Hbond substituents is 1. The summed E-state index contributed by atoms with van der Waals surface area (Å²) in [4.78, 5) is 11.8. The number of rotatable bonds is 7. The second kappa shape index (κ2) is 8.78. The van der Waals surface area contributed by atoms with Gasteiger partial charge in [-0.25, -0.2) is 0 Å². The Kier molecular flexibility index (Phi) is 6.73. The lowest BCUT2D eigenvalue weighted by Gasteiger charge is -2.14. The molecule has 7 heteroatoms. The van der Waals surface area contributed by atoms with Crippen molar-refractivity contribution in [3.8, 4) is 11.5 Å². The molecule has 0 fully saturated rings. The highest BCUT2D eigenvalue weighted by Gasteiger charge is 2.12. The van der Waals surface area contributed by atoms with E-state index in [0.29, 0.717) is 16.3 Å². The van der Waals surface area contributed by atoms with Gasteiger partial charge in [-0.3, -0.25) is 4.79 Å². The number of para-hydroxylation sites is 1. The van der Waals surface area contributed by atoms with E-state index >= 15 is 0 Å². The van der Waals surface area contributed by atoms with Crippen molar-refractivity contribution < 1.29 is 19.7 Å². The number of carbonyl (C=O) groups is 1. The molecule has 0 saturated heterocycles. The number of aliphatic hydroxyl groups is 1. The van der Waals surface area contributed by atoms with Gasteiger partial charge in [0.1, 0.15) is 29.2 Å². The molecule has 0 unspecified atom stereocenters. The van der Waals surface area contributed by atoms with E-state index in [1.54, 1.807) is 36.4 Å². The minimum atomic E-state index is -0.909. The summed E-state index contributed by atoms with van der Waals surface area (Å²) in [5.74, 6) is 0.118. The second-order valence-electron chi connectivity index (χ2n) is 5.13. The molecule has 0 bridgehead atoms. The first-order valence-corrected chi connectivity index (χ1v) is 8.01. The Balaban J connectivity index is 1.76. The molecule has 0 aliphatic rings. The van der Waals surface area contributed by atoms with Crippen LogP contribution in [-0.4, -0.2) is 35.4 Å². The van der Waals surface area contributed by atoms with E-state index < -0.39 is 6.10 Å². The molecule has 0 saturated carbocycles. The van der Waals surface area contributed by atoms with Gasteiger partial charge in [0.25, 0.3) is 0 Å². The van der Waals surface area contributed by atoms with Gasteiger partial charge >= 0.3 is 0 Å². The summed E-state index contributed by atoms with van der Waals surface area (Å²) < 4.78 is 5.39. The maximum Gasteiger partial charge on any atom is 0.224 e. The third-order valence-corrected chi connectivity index (χ3v) is 4.03. The third-order valence-electron chi connectivity index (χ3n) is 3.22. The minimum absolute atomic E-state index is 0.0185. The molecule has 2 aromatic rings. The van der Waals surface area contributed by atoms with Crippen LogP contribution in [0.1, 0.15) is 5.56 Å². The van der Waals surface area contributed by atoms with Gasteiger partial charge in [0.2, 0.25) is 5.91 Å². The number of halogens is 2. The molecule has 2 aromatic carbocycles. The molecule has 0 aliphatic carbocycles. The predicted molar refractivity (Wildman–Crippen MR) is 92.8 cm³/mol. The number of benzene rings is 2. The van der Waals surface area contributed by atoms with Crippen LogP contribution in [-0.2, 0) is 11.2 Å². The van der Waals surface area contributed by atoms with Gasteiger partial charge < -0.3 is 20.3 Å². The number of aromatic hydroxyl groups is 1. The fourth-order valence-electron chi connectivity index (χ4n) is 1.97. The zero-order valence-corrected chi connectivity index (χ0v) is 14.2. The summed E-state index contributed by atoms with van der Waals surface area (Å²) in [6.07, 6.45) is -0.881. The molecule has 0 spiro atoms. The number of amides is 1. The third kappa shape index (κ3) is 5.30. The number of carbonyl (C=O) groups excluding carboxylic acids is 1. The van der Waals surface area contributed by atoms with Crippen molar-refractivity contribution in [1.29, 1.82) is 0 Å². The lowest BCUT2D eigenvalue weighted by Crippen LogP contribution is -2.36. The van der Waals surface area contributed by atoms with Crippen LogP contribution in [0, 0.1) is 0 Å². The molecule has 3 N–H and O–H groups in total. The normalized spacial score (nSPS) is 11.8. The molecular formula is C17H17Cl2NO4. The van der Waals surface area contributed by atoms with Crippen molar-refractivity contribution in [2.45, 2.75) is 12.5 Å². The summed E-state index contributed by atoms with van der Waals surface area (Å²) in [7, 11) is 0. The molecule has 0 aromatic heterocycles. The topological polar surface area (TPSA) is 78.8 Å². The largest absolute Gasteiger partial charge is 0.508 e. The highest BCUT2D eigenvalue weighted by Crippen LogP contribution is 2.31. The van der Waals surface area contributed by atoms with E-state index in [2.05, 4.69) is 5.32 Å². The molecule has 1 atom stereocenters. The number of hydrogen-bond acceptors (Lipinski definition) is 4. The zero-order chi connectivity index (χ0) is 17.5. The fraction of sp³-hybridized carbons (Fsp3) is 0.235. The van der Waals surface area contributed by atoms with Gasteiger partial charge in [0.05, 0.1) is 11.4 Å². The van der Waals surface area contributed by atoms with Gasteiger partial charge in [0, 0.05) is 12.1 Å². The molecule has 0 radical (unpaired) electrons. The SMILES string of the molecule is O=C(Cc1ccccc1O)NC[C@@H](O)COc1cccc(Cl)c1Cl. The van der Waals surface area contributed by atoms with Crippen molar-refractivity contribution in [3.05, 3.63) is 58.1 Å². The molecule has 24 heavy (non-hydrogen) atoms. The molecule has 128 valence electrons. The summed E-state index contributed by atoms with van der Waals surface area (Å²) in [5.41, 5.74) is 0.520. The Morgan fingerprint density at radius 1 is 1.17 bits per heavy atom. The van der Waals surface area contributed by atoms with Crippen molar-refractivity contribution in [2.75, 3.05) is 13.2 Å². The van der Waals surface area contributed by atoms with E-state index in [0.717, 1.165) is 0 Å². The summed E-state index contributed by atoms with van der Waals surface area (Å²) in [6.45, 7) is -0.0262.